The van der Waals surface area contributed by atoms with Crippen LogP contribution < -0.4 is 0 Å². The molecule has 0 atom stereocenters. The second-order valence-electron chi connectivity index (χ2n) is 4.68. The molecule has 2 heterocycles. The number of rotatable bonds is 3. The van der Waals surface area contributed by atoms with Gasteiger partial charge in [-0.25, -0.2) is 9.97 Å². The average Bonchev–Trinajstić information content (AvgIpc) is 3.04. The fraction of sp³-hybridized carbons (Fsp3) is 0. The van der Waals surface area contributed by atoms with E-state index in [0.29, 0.717) is 16.1 Å². The molecule has 4 rings (SSSR count). The Kier molecular flexibility index (Phi) is 3.69. The molecule has 0 radical (unpaired) electrons. The molecule has 0 aliphatic carbocycles. The van der Waals surface area contributed by atoms with E-state index in [-0.39, 0.29) is 0 Å². The Morgan fingerprint density at radius 3 is 2.61 bits per heavy atom. The molecule has 112 valence electrons. The highest BCUT2D eigenvalue weighted by Crippen LogP contribution is 2.31. The maximum absolute atomic E-state index is 5.88. The van der Waals surface area contributed by atoms with Crippen molar-refractivity contribution in [3.05, 3.63) is 59.9 Å². The van der Waals surface area contributed by atoms with Crippen LogP contribution in [0.5, 0.6) is 0 Å². The number of hydrogen-bond donors (Lipinski definition) is 0. The van der Waals surface area contributed by atoms with Crippen LogP contribution in [0.2, 0.25) is 5.02 Å². The number of benzene rings is 2. The van der Waals surface area contributed by atoms with Gasteiger partial charge in [0.2, 0.25) is 5.89 Å². The number of halogens is 1. The lowest BCUT2D eigenvalue weighted by Gasteiger charge is -2.00. The molecule has 0 saturated carbocycles. The molecule has 0 saturated heterocycles. The zero-order chi connectivity index (χ0) is 15.6. The van der Waals surface area contributed by atoms with Crippen LogP contribution in [0.25, 0.3) is 22.4 Å². The third kappa shape index (κ3) is 2.91. The molecule has 0 aliphatic heterocycles. The highest BCUT2D eigenvalue weighted by Gasteiger charge is 2.12. The summed E-state index contributed by atoms with van der Waals surface area (Å²) in [5.74, 6) is 0.447. The van der Waals surface area contributed by atoms with Crippen LogP contribution in [-0.4, -0.2) is 20.2 Å². The van der Waals surface area contributed by atoms with Gasteiger partial charge in [0, 0.05) is 16.0 Å². The lowest BCUT2D eigenvalue weighted by molar-refractivity contribution is 0.465. The molecule has 0 spiro atoms. The molecule has 0 aliphatic rings. The van der Waals surface area contributed by atoms with Gasteiger partial charge in [-0.2, -0.15) is 0 Å². The van der Waals surface area contributed by atoms with Crippen LogP contribution in [0.15, 0.2) is 69.5 Å². The number of fused-ring (bicyclic) bond motifs is 1. The molecule has 2 aromatic carbocycles. The van der Waals surface area contributed by atoms with E-state index in [9.17, 15) is 0 Å². The zero-order valence-corrected chi connectivity index (χ0v) is 13.3. The second-order valence-corrected chi connectivity index (χ2v) is 6.05. The normalized spacial score (nSPS) is 11.0. The van der Waals surface area contributed by atoms with Gasteiger partial charge in [0.15, 0.2) is 0 Å². The van der Waals surface area contributed by atoms with E-state index in [4.69, 9.17) is 16.0 Å². The molecule has 5 nitrogen and oxygen atoms in total. The Balaban J connectivity index is 1.66. The van der Waals surface area contributed by atoms with Crippen LogP contribution >= 0.6 is 23.4 Å². The molecule has 0 N–H and O–H groups in total. The van der Waals surface area contributed by atoms with Crippen molar-refractivity contribution in [2.75, 3.05) is 0 Å². The van der Waals surface area contributed by atoms with E-state index in [2.05, 4.69) is 20.2 Å². The summed E-state index contributed by atoms with van der Waals surface area (Å²) >= 11 is 7.20. The minimum Gasteiger partial charge on any atom is -0.411 e. The van der Waals surface area contributed by atoms with Crippen LogP contribution in [-0.2, 0) is 0 Å². The fourth-order valence-corrected chi connectivity index (χ4v) is 2.98. The Morgan fingerprint density at radius 1 is 0.913 bits per heavy atom. The average molecular weight is 341 g/mol. The smallest absolute Gasteiger partial charge is 0.283 e. The van der Waals surface area contributed by atoms with Gasteiger partial charge in [-0.3, -0.25) is 0 Å². The zero-order valence-electron chi connectivity index (χ0n) is 11.7. The third-order valence-electron chi connectivity index (χ3n) is 3.19. The lowest BCUT2D eigenvalue weighted by atomic mass is 10.2. The summed E-state index contributed by atoms with van der Waals surface area (Å²) < 4.78 is 5.70. The monoisotopic (exact) mass is 340 g/mol. The predicted octanol–water partition coefficient (Wildman–Crippen LogP) is 4.48. The van der Waals surface area contributed by atoms with E-state index in [0.717, 1.165) is 21.5 Å². The first kappa shape index (κ1) is 14.2. The van der Waals surface area contributed by atoms with Gasteiger partial charge < -0.3 is 4.42 Å². The van der Waals surface area contributed by atoms with E-state index in [1.165, 1.54) is 18.1 Å². The number of para-hydroxylation sites is 1. The maximum atomic E-state index is 5.88. The fourth-order valence-electron chi connectivity index (χ4n) is 2.10. The van der Waals surface area contributed by atoms with Gasteiger partial charge in [-0.15, -0.1) is 10.2 Å². The predicted molar refractivity (Wildman–Crippen MR) is 88.4 cm³/mol. The van der Waals surface area contributed by atoms with Crippen LogP contribution in [0.1, 0.15) is 0 Å². The van der Waals surface area contributed by atoms with E-state index in [1.54, 1.807) is 12.1 Å². The first-order valence-electron chi connectivity index (χ1n) is 6.77. The molecule has 0 fully saturated rings. The summed E-state index contributed by atoms with van der Waals surface area (Å²) in [5, 5.41) is 11.0. The Morgan fingerprint density at radius 2 is 1.74 bits per heavy atom. The van der Waals surface area contributed by atoms with E-state index in [1.807, 2.05) is 36.4 Å². The van der Waals surface area contributed by atoms with Crippen LogP contribution in [0, 0.1) is 0 Å². The highest BCUT2D eigenvalue weighted by molar-refractivity contribution is 7.99. The molecule has 23 heavy (non-hydrogen) atoms. The van der Waals surface area contributed by atoms with Crippen molar-refractivity contribution >= 4 is 34.3 Å². The summed E-state index contributed by atoms with van der Waals surface area (Å²) in [6.45, 7) is 0. The van der Waals surface area contributed by atoms with Gasteiger partial charge in [0.1, 0.15) is 11.4 Å². The van der Waals surface area contributed by atoms with E-state index < -0.39 is 0 Å². The first-order valence-corrected chi connectivity index (χ1v) is 7.96. The van der Waals surface area contributed by atoms with Crippen molar-refractivity contribution in [3.63, 3.8) is 0 Å². The summed E-state index contributed by atoms with van der Waals surface area (Å²) in [6.07, 6.45) is 1.53. The summed E-state index contributed by atoms with van der Waals surface area (Å²) in [4.78, 5) is 8.54. The molecule has 0 bridgehead atoms. The van der Waals surface area contributed by atoms with Crippen LogP contribution in [0.3, 0.4) is 0 Å². The standard InChI is InChI=1S/C16H9ClN4OS/c17-11-7-5-10(6-8-11)14-20-21-16(22-14)23-15-12-3-1-2-4-13(12)18-9-19-15/h1-9H. The Bertz CT molecular complexity index is 966. The van der Waals surface area contributed by atoms with E-state index >= 15 is 0 Å². The van der Waals surface area contributed by atoms with Crippen molar-refractivity contribution in [1.82, 2.24) is 20.2 Å². The SMILES string of the molecule is Clc1ccc(-c2nnc(Sc3ncnc4ccccc34)o2)cc1. The molecular formula is C16H9ClN4OS. The highest BCUT2D eigenvalue weighted by atomic mass is 35.5. The Labute approximate surface area is 140 Å². The lowest BCUT2D eigenvalue weighted by Crippen LogP contribution is -1.86. The van der Waals surface area contributed by atoms with Gasteiger partial charge in [0.05, 0.1) is 5.52 Å². The molecule has 2 aromatic heterocycles. The number of hydrogen-bond acceptors (Lipinski definition) is 6. The summed E-state index contributed by atoms with van der Waals surface area (Å²) in [6, 6.07) is 15.0. The quantitative estimate of drug-likeness (QED) is 0.512. The maximum Gasteiger partial charge on any atom is 0.283 e. The van der Waals surface area contributed by atoms with Crippen molar-refractivity contribution in [2.24, 2.45) is 0 Å². The molecule has 0 amide bonds. The van der Waals surface area contributed by atoms with Gasteiger partial charge in [-0.1, -0.05) is 29.8 Å². The summed E-state index contributed by atoms with van der Waals surface area (Å²) in [7, 11) is 0. The topological polar surface area (TPSA) is 64.7 Å². The minimum absolute atomic E-state index is 0.429. The van der Waals surface area contributed by atoms with Gasteiger partial charge in [-0.05, 0) is 42.1 Å². The third-order valence-corrected chi connectivity index (χ3v) is 4.30. The molecule has 4 aromatic rings. The van der Waals surface area contributed by atoms with Crippen molar-refractivity contribution in [2.45, 2.75) is 10.2 Å². The number of nitrogens with zero attached hydrogens (tertiary/aromatic N) is 4. The van der Waals surface area contributed by atoms with Gasteiger partial charge >= 0.3 is 0 Å². The molecular weight excluding hydrogens is 332 g/mol. The van der Waals surface area contributed by atoms with Crippen molar-refractivity contribution < 1.29 is 4.42 Å². The molecule has 0 unspecified atom stereocenters. The molecule has 7 heteroatoms. The van der Waals surface area contributed by atoms with Gasteiger partial charge in [0.25, 0.3) is 5.22 Å². The second kappa shape index (κ2) is 5.98. The largest absolute Gasteiger partial charge is 0.411 e. The first-order chi connectivity index (χ1) is 11.3. The van der Waals surface area contributed by atoms with Crippen molar-refractivity contribution in [3.8, 4) is 11.5 Å². The van der Waals surface area contributed by atoms with Crippen molar-refractivity contribution in [1.29, 1.82) is 0 Å². The summed E-state index contributed by atoms with van der Waals surface area (Å²) in [5.41, 5.74) is 1.70. The Hall–Kier alpha value is -2.44. The number of aromatic nitrogens is 4. The minimum atomic E-state index is 0.429. The van der Waals surface area contributed by atoms with Crippen LogP contribution in [0.4, 0.5) is 0 Å².